The van der Waals surface area contributed by atoms with Crippen molar-refractivity contribution in [3.05, 3.63) is 87.0 Å². The molecule has 0 fully saturated rings. The van der Waals surface area contributed by atoms with Crippen molar-refractivity contribution >= 4 is 16.5 Å². The average Bonchev–Trinajstić information content (AvgIpc) is 2.96. The van der Waals surface area contributed by atoms with E-state index in [4.69, 9.17) is 0 Å². The van der Waals surface area contributed by atoms with E-state index in [0.29, 0.717) is 5.39 Å². The lowest BCUT2D eigenvalue weighted by Gasteiger charge is -2.12. The predicted octanol–water partition coefficient (Wildman–Crippen LogP) is 3.60. The van der Waals surface area contributed by atoms with E-state index < -0.39 is 4.92 Å². The molecule has 0 bridgehead atoms. The highest BCUT2D eigenvalue weighted by atomic mass is 16.6. The molecule has 0 saturated heterocycles. The highest BCUT2D eigenvalue weighted by Gasteiger charge is 2.20. The minimum absolute atomic E-state index is 0.0175. The number of H-pyrrole nitrogens is 1. The van der Waals surface area contributed by atoms with E-state index in [-0.39, 0.29) is 11.2 Å². The molecular formula is C19H14N4O3. The highest BCUT2D eigenvalue weighted by Crippen LogP contribution is 2.34. The summed E-state index contributed by atoms with van der Waals surface area (Å²) in [5.74, 6) is 0. The van der Waals surface area contributed by atoms with Gasteiger partial charge in [-0.15, -0.1) is 0 Å². The number of nitro benzene ring substituents is 1. The van der Waals surface area contributed by atoms with Crippen LogP contribution in [-0.2, 0) is 0 Å². The number of hydrogen-bond acceptors (Lipinski definition) is 4. The van der Waals surface area contributed by atoms with Gasteiger partial charge in [0.25, 0.3) is 11.2 Å². The quantitative estimate of drug-likeness (QED) is 0.453. The van der Waals surface area contributed by atoms with Gasteiger partial charge in [-0.3, -0.25) is 14.9 Å². The average molecular weight is 346 g/mol. The number of non-ortho nitro benzene ring substituents is 1. The molecule has 2 heterocycles. The number of aromatic nitrogens is 3. The number of fused-ring (bicyclic) bond motifs is 1. The van der Waals surface area contributed by atoms with Crippen LogP contribution >= 0.6 is 0 Å². The fraction of sp³-hybridized carbons (Fsp3) is 0.0526. The normalized spacial score (nSPS) is 11.0. The highest BCUT2D eigenvalue weighted by molar-refractivity contribution is 5.98. The van der Waals surface area contributed by atoms with Crippen LogP contribution < -0.4 is 5.56 Å². The fourth-order valence-corrected chi connectivity index (χ4v) is 3.26. The van der Waals surface area contributed by atoms with Gasteiger partial charge >= 0.3 is 0 Å². The molecule has 4 aromatic rings. The topological polar surface area (TPSA) is 93.8 Å². The van der Waals surface area contributed by atoms with Crippen molar-refractivity contribution in [2.45, 2.75) is 6.92 Å². The van der Waals surface area contributed by atoms with Crippen molar-refractivity contribution in [1.82, 2.24) is 14.8 Å². The van der Waals surface area contributed by atoms with Gasteiger partial charge in [-0.1, -0.05) is 30.3 Å². The van der Waals surface area contributed by atoms with Gasteiger partial charge in [-0.2, -0.15) is 5.10 Å². The van der Waals surface area contributed by atoms with E-state index in [1.54, 1.807) is 18.3 Å². The van der Waals surface area contributed by atoms with Crippen molar-refractivity contribution in [1.29, 1.82) is 0 Å². The molecule has 0 aliphatic rings. The molecule has 0 amide bonds. The Labute approximate surface area is 147 Å². The summed E-state index contributed by atoms with van der Waals surface area (Å²) in [4.78, 5) is 22.9. The Hall–Kier alpha value is -3.74. The summed E-state index contributed by atoms with van der Waals surface area (Å²) in [7, 11) is 0. The molecule has 1 N–H and O–H groups in total. The molecule has 7 nitrogen and oxygen atoms in total. The van der Waals surface area contributed by atoms with Crippen molar-refractivity contribution in [2.24, 2.45) is 0 Å². The Morgan fingerprint density at radius 3 is 2.42 bits per heavy atom. The van der Waals surface area contributed by atoms with E-state index in [1.807, 2.05) is 41.8 Å². The largest absolute Gasteiger partial charge is 0.312 e. The fourth-order valence-electron chi connectivity index (χ4n) is 3.26. The number of nitro groups is 1. The van der Waals surface area contributed by atoms with Crippen LogP contribution in [0.4, 0.5) is 5.69 Å². The number of aromatic amines is 1. The van der Waals surface area contributed by atoms with Crippen LogP contribution in [0.25, 0.3) is 27.7 Å². The van der Waals surface area contributed by atoms with E-state index in [9.17, 15) is 14.9 Å². The molecule has 0 atom stereocenters. The van der Waals surface area contributed by atoms with Gasteiger partial charge in [0.2, 0.25) is 0 Å². The minimum atomic E-state index is -0.435. The maximum atomic E-state index is 12.4. The molecule has 0 unspecified atom stereocenters. The number of hydrogen-bond donors (Lipinski definition) is 1. The van der Waals surface area contributed by atoms with E-state index >= 15 is 0 Å². The monoisotopic (exact) mass is 346 g/mol. The van der Waals surface area contributed by atoms with Gasteiger partial charge in [0.05, 0.1) is 22.2 Å². The summed E-state index contributed by atoms with van der Waals surface area (Å²) in [5, 5.41) is 18.6. The molecule has 0 radical (unpaired) electrons. The third kappa shape index (κ3) is 2.37. The Bertz CT molecular complexity index is 1180. The van der Waals surface area contributed by atoms with E-state index in [1.165, 1.54) is 12.1 Å². The molecule has 0 aliphatic heterocycles. The van der Waals surface area contributed by atoms with Crippen LogP contribution in [0.3, 0.4) is 0 Å². The number of rotatable bonds is 3. The first-order valence-corrected chi connectivity index (χ1v) is 7.97. The van der Waals surface area contributed by atoms with Gasteiger partial charge in [0.15, 0.2) is 0 Å². The molecule has 26 heavy (non-hydrogen) atoms. The molecule has 2 aromatic heterocycles. The third-order valence-electron chi connectivity index (χ3n) is 4.40. The zero-order chi connectivity index (χ0) is 18.3. The van der Waals surface area contributed by atoms with Gasteiger partial charge in [-0.05, 0) is 24.6 Å². The van der Waals surface area contributed by atoms with Gasteiger partial charge in [-0.25, -0.2) is 5.10 Å². The van der Waals surface area contributed by atoms with Crippen LogP contribution in [0.1, 0.15) is 5.69 Å². The molecular weight excluding hydrogens is 332 g/mol. The van der Waals surface area contributed by atoms with Crippen LogP contribution in [0.15, 0.2) is 65.6 Å². The first kappa shape index (κ1) is 15.8. The van der Waals surface area contributed by atoms with Crippen LogP contribution in [-0.4, -0.2) is 19.7 Å². The van der Waals surface area contributed by atoms with Crippen molar-refractivity contribution in [3.63, 3.8) is 0 Å². The summed E-state index contributed by atoms with van der Waals surface area (Å²) in [6.45, 7) is 1.85. The summed E-state index contributed by atoms with van der Waals surface area (Å²) >= 11 is 0. The number of aryl methyl sites for hydroxylation is 1. The van der Waals surface area contributed by atoms with Gasteiger partial charge in [0, 0.05) is 28.9 Å². The smallest absolute Gasteiger partial charge is 0.273 e. The minimum Gasteiger partial charge on any atom is -0.312 e. The van der Waals surface area contributed by atoms with Crippen LogP contribution in [0, 0.1) is 17.0 Å². The number of benzene rings is 2. The van der Waals surface area contributed by atoms with Crippen LogP contribution in [0.2, 0.25) is 0 Å². The Morgan fingerprint density at radius 1 is 1.08 bits per heavy atom. The molecule has 2 aromatic carbocycles. The van der Waals surface area contributed by atoms with E-state index in [2.05, 4.69) is 10.2 Å². The lowest BCUT2D eigenvalue weighted by Crippen LogP contribution is -2.07. The van der Waals surface area contributed by atoms with Crippen LogP contribution in [0.5, 0.6) is 0 Å². The Balaban J connectivity index is 2.08. The second kappa shape index (κ2) is 5.96. The van der Waals surface area contributed by atoms with E-state index in [0.717, 1.165) is 28.0 Å². The van der Waals surface area contributed by atoms with Gasteiger partial charge < -0.3 is 4.57 Å². The molecule has 7 heteroatoms. The molecule has 128 valence electrons. The second-order valence-corrected chi connectivity index (χ2v) is 5.90. The number of nitrogens with one attached hydrogen (secondary N) is 1. The first-order chi connectivity index (χ1) is 12.6. The SMILES string of the molecule is Cc1c2c(=O)[nH]ncc2c(-c2ccccc2)n1-c1ccc([N+](=O)[O-])cc1. The molecule has 0 spiro atoms. The second-order valence-electron chi connectivity index (χ2n) is 5.90. The molecule has 0 saturated carbocycles. The third-order valence-corrected chi connectivity index (χ3v) is 4.40. The summed E-state index contributed by atoms with van der Waals surface area (Å²) in [6, 6.07) is 15.9. The van der Waals surface area contributed by atoms with Crippen molar-refractivity contribution in [3.8, 4) is 16.9 Å². The lowest BCUT2D eigenvalue weighted by atomic mass is 10.1. The summed E-state index contributed by atoms with van der Waals surface area (Å²) in [6.07, 6.45) is 1.63. The van der Waals surface area contributed by atoms with Crippen molar-refractivity contribution in [2.75, 3.05) is 0 Å². The van der Waals surface area contributed by atoms with Gasteiger partial charge in [0.1, 0.15) is 0 Å². The number of nitrogens with zero attached hydrogens (tertiary/aromatic N) is 3. The Kier molecular flexibility index (Phi) is 3.62. The Morgan fingerprint density at radius 2 is 1.77 bits per heavy atom. The standard InChI is InChI=1S/C19H14N4O3/c1-12-17-16(11-20-21-19(17)24)18(13-5-3-2-4-6-13)22(12)14-7-9-15(10-8-14)23(25)26/h2-11H,1H3,(H,21,24). The molecule has 0 aliphatic carbocycles. The zero-order valence-corrected chi connectivity index (χ0v) is 13.8. The maximum Gasteiger partial charge on any atom is 0.273 e. The lowest BCUT2D eigenvalue weighted by molar-refractivity contribution is -0.384. The maximum absolute atomic E-state index is 12.4. The first-order valence-electron chi connectivity index (χ1n) is 7.97. The summed E-state index contributed by atoms with van der Waals surface area (Å²) in [5.41, 5.74) is 2.99. The summed E-state index contributed by atoms with van der Waals surface area (Å²) < 4.78 is 1.93. The molecule has 4 rings (SSSR count). The zero-order valence-electron chi connectivity index (χ0n) is 13.8. The predicted molar refractivity (Wildman–Crippen MR) is 98.5 cm³/mol. The van der Waals surface area contributed by atoms with Crippen molar-refractivity contribution < 1.29 is 4.92 Å².